The van der Waals surface area contributed by atoms with Gasteiger partial charge in [0.2, 0.25) is 5.91 Å². The van der Waals surface area contributed by atoms with Gasteiger partial charge < -0.3 is 10.1 Å². The third-order valence-corrected chi connectivity index (χ3v) is 3.28. The summed E-state index contributed by atoms with van der Waals surface area (Å²) >= 11 is 0. The number of aromatic nitrogens is 2. The molecule has 0 unspecified atom stereocenters. The molecule has 1 aliphatic rings. The summed E-state index contributed by atoms with van der Waals surface area (Å²) in [5.74, 6) is -0.363. The number of alkyl halides is 3. The van der Waals surface area contributed by atoms with E-state index < -0.39 is 11.9 Å². The Bertz CT molecular complexity index is 498. The maximum Gasteiger partial charge on any atom is 0.435 e. The van der Waals surface area contributed by atoms with Gasteiger partial charge in [-0.3, -0.25) is 14.4 Å². The highest BCUT2D eigenvalue weighted by Gasteiger charge is 2.33. The lowest BCUT2D eigenvalue weighted by molar-refractivity contribution is -0.141. The number of nitrogens with zero attached hydrogens (tertiary/aromatic N) is 3. The summed E-state index contributed by atoms with van der Waals surface area (Å²) < 4.78 is 43.5. The summed E-state index contributed by atoms with van der Waals surface area (Å²) in [6.07, 6.45) is -3.35. The lowest BCUT2D eigenvalue weighted by Crippen LogP contribution is -2.46. The Morgan fingerprint density at radius 3 is 2.73 bits per heavy atom. The fraction of sp³-hybridized carbons (Fsp3) is 0.692. The van der Waals surface area contributed by atoms with E-state index in [0.29, 0.717) is 19.8 Å². The van der Waals surface area contributed by atoms with Crippen LogP contribution in [0.4, 0.5) is 13.2 Å². The van der Waals surface area contributed by atoms with Crippen LogP contribution in [0.3, 0.4) is 0 Å². The monoisotopic (exact) mass is 320 g/mol. The molecule has 0 bridgehead atoms. The number of carbonyl (C=O) groups excluding carboxylic acids is 1. The van der Waals surface area contributed by atoms with Gasteiger partial charge in [-0.25, -0.2) is 0 Å². The Balaban J connectivity index is 1.78. The summed E-state index contributed by atoms with van der Waals surface area (Å²) in [6, 6.07) is 0.757. The lowest BCUT2D eigenvalue weighted by Gasteiger charge is -2.29. The zero-order valence-electron chi connectivity index (χ0n) is 12.3. The molecule has 2 heterocycles. The first-order valence-electron chi connectivity index (χ1n) is 7.04. The number of nitrogens with one attached hydrogen (secondary N) is 1. The Morgan fingerprint density at radius 1 is 1.45 bits per heavy atom. The molecule has 22 heavy (non-hydrogen) atoms. The highest BCUT2D eigenvalue weighted by atomic mass is 19.4. The minimum absolute atomic E-state index is 0.0942. The Kier molecular flexibility index (Phi) is 5.41. The van der Waals surface area contributed by atoms with Gasteiger partial charge in [0.25, 0.3) is 0 Å². The highest BCUT2D eigenvalue weighted by molar-refractivity contribution is 5.75. The van der Waals surface area contributed by atoms with Crippen molar-refractivity contribution in [2.24, 2.45) is 0 Å². The minimum atomic E-state index is -4.49. The molecule has 0 aromatic carbocycles. The molecule has 1 aromatic rings. The van der Waals surface area contributed by atoms with E-state index in [1.54, 1.807) is 0 Å². The van der Waals surface area contributed by atoms with E-state index in [2.05, 4.69) is 15.3 Å². The summed E-state index contributed by atoms with van der Waals surface area (Å²) in [4.78, 5) is 14.0. The van der Waals surface area contributed by atoms with Crippen molar-refractivity contribution in [1.29, 1.82) is 0 Å². The number of rotatable bonds is 5. The maximum absolute atomic E-state index is 12.4. The first kappa shape index (κ1) is 16.8. The number of morpholine rings is 1. The van der Waals surface area contributed by atoms with Crippen molar-refractivity contribution < 1.29 is 22.7 Å². The van der Waals surface area contributed by atoms with Crippen molar-refractivity contribution in [3.63, 3.8) is 0 Å². The zero-order valence-corrected chi connectivity index (χ0v) is 12.3. The van der Waals surface area contributed by atoms with E-state index in [1.807, 2.05) is 6.92 Å². The average molecular weight is 320 g/mol. The fourth-order valence-electron chi connectivity index (χ4n) is 2.29. The largest absolute Gasteiger partial charge is 0.435 e. The van der Waals surface area contributed by atoms with Crippen LogP contribution in [-0.2, 0) is 22.3 Å². The first-order valence-corrected chi connectivity index (χ1v) is 7.04. The van der Waals surface area contributed by atoms with Crippen LogP contribution in [0.1, 0.15) is 12.6 Å². The molecule has 0 spiro atoms. The van der Waals surface area contributed by atoms with E-state index in [0.717, 1.165) is 30.0 Å². The third-order valence-electron chi connectivity index (χ3n) is 3.28. The van der Waals surface area contributed by atoms with Gasteiger partial charge in [-0.15, -0.1) is 0 Å². The quantitative estimate of drug-likeness (QED) is 0.869. The second-order valence-corrected chi connectivity index (χ2v) is 5.28. The number of halogens is 3. The summed E-state index contributed by atoms with van der Waals surface area (Å²) in [6.45, 7) is 5.29. The van der Waals surface area contributed by atoms with Crippen molar-refractivity contribution in [3.05, 3.63) is 18.0 Å². The molecule has 124 valence electrons. The first-order chi connectivity index (χ1) is 10.3. The molecule has 1 saturated heterocycles. The van der Waals surface area contributed by atoms with Crippen molar-refractivity contribution in [3.8, 4) is 0 Å². The molecule has 0 aliphatic carbocycles. The van der Waals surface area contributed by atoms with Crippen LogP contribution in [0.25, 0.3) is 0 Å². The summed E-state index contributed by atoms with van der Waals surface area (Å²) in [5.41, 5.74) is -0.998. The van der Waals surface area contributed by atoms with Crippen molar-refractivity contribution in [2.45, 2.75) is 25.7 Å². The predicted octanol–water partition coefficient (Wildman–Crippen LogP) is 0.739. The average Bonchev–Trinajstić information content (AvgIpc) is 2.87. The SMILES string of the molecule is C[C@H](CN1CCOCC1)NC(=O)Cn1ccc(C(F)(F)F)n1. The van der Waals surface area contributed by atoms with Crippen LogP contribution in [0, 0.1) is 0 Å². The van der Waals surface area contributed by atoms with Gasteiger partial charge >= 0.3 is 6.18 Å². The molecule has 1 amide bonds. The van der Waals surface area contributed by atoms with Crippen LogP contribution in [0.5, 0.6) is 0 Å². The van der Waals surface area contributed by atoms with Crippen molar-refractivity contribution >= 4 is 5.91 Å². The summed E-state index contributed by atoms with van der Waals surface area (Å²) in [7, 11) is 0. The maximum atomic E-state index is 12.4. The third kappa shape index (κ3) is 4.99. The van der Waals surface area contributed by atoms with Crippen LogP contribution in [0.2, 0.25) is 0 Å². The van der Waals surface area contributed by atoms with Gasteiger partial charge in [0.05, 0.1) is 13.2 Å². The second-order valence-electron chi connectivity index (χ2n) is 5.28. The van der Waals surface area contributed by atoms with E-state index >= 15 is 0 Å². The minimum Gasteiger partial charge on any atom is -0.379 e. The zero-order chi connectivity index (χ0) is 16.2. The van der Waals surface area contributed by atoms with Crippen molar-refractivity contribution in [1.82, 2.24) is 20.0 Å². The van der Waals surface area contributed by atoms with Gasteiger partial charge in [-0.1, -0.05) is 0 Å². The molecule has 2 rings (SSSR count). The topological polar surface area (TPSA) is 59.4 Å². The number of hydrogen-bond donors (Lipinski definition) is 1. The number of amides is 1. The molecule has 1 aliphatic heterocycles. The van der Waals surface area contributed by atoms with Gasteiger partial charge in [0.1, 0.15) is 6.54 Å². The Morgan fingerprint density at radius 2 is 2.14 bits per heavy atom. The smallest absolute Gasteiger partial charge is 0.379 e. The van der Waals surface area contributed by atoms with E-state index in [-0.39, 0.29) is 18.5 Å². The van der Waals surface area contributed by atoms with E-state index in [9.17, 15) is 18.0 Å². The van der Waals surface area contributed by atoms with E-state index in [4.69, 9.17) is 4.74 Å². The Labute approximate surface area is 126 Å². The predicted molar refractivity (Wildman–Crippen MR) is 72.1 cm³/mol. The van der Waals surface area contributed by atoms with Gasteiger partial charge in [0.15, 0.2) is 5.69 Å². The molecule has 1 fully saturated rings. The molecular formula is C13H19F3N4O2. The highest BCUT2D eigenvalue weighted by Crippen LogP contribution is 2.27. The summed E-state index contributed by atoms with van der Waals surface area (Å²) in [5, 5.41) is 6.11. The molecule has 6 nitrogen and oxygen atoms in total. The molecule has 0 radical (unpaired) electrons. The van der Waals surface area contributed by atoms with Crippen LogP contribution in [-0.4, -0.2) is 59.5 Å². The van der Waals surface area contributed by atoms with Crippen LogP contribution < -0.4 is 5.32 Å². The second kappa shape index (κ2) is 7.10. The molecule has 1 atom stereocenters. The Hall–Kier alpha value is -1.61. The van der Waals surface area contributed by atoms with Crippen molar-refractivity contribution in [2.75, 3.05) is 32.8 Å². The van der Waals surface area contributed by atoms with Gasteiger partial charge in [0, 0.05) is 31.9 Å². The lowest BCUT2D eigenvalue weighted by atomic mass is 10.3. The molecule has 1 aromatic heterocycles. The molecular weight excluding hydrogens is 301 g/mol. The van der Waals surface area contributed by atoms with Crippen LogP contribution in [0.15, 0.2) is 12.3 Å². The standard InChI is InChI=1S/C13H19F3N4O2/c1-10(8-19-4-6-22-7-5-19)17-12(21)9-20-3-2-11(18-20)13(14,15)16/h2-3,10H,4-9H2,1H3,(H,17,21)/t10-/m1/s1. The molecule has 1 N–H and O–H groups in total. The number of carbonyl (C=O) groups is 1. The normalized spacial score (nSPS) is 18.2. The fourth-order valence-corrected chi connectivity index (χ4v) is 2.29. The molecule has 0 saturated carbocycles. The van der Waals surface area contributed by atoms with Gasteiger partial charge in [-0.2, -0.15) is 18.3 Å². The molecule has 9 heteroatoms. The van der Waals surface area contributed by atoms with E-state index in [1.165, 1.54) is 0 Å². The van der Waals surface area contributed by atoms with Gasteiger partial charge in [-0.05, 0) is 13.0 Å². The van der Waals surface area contributed by atoms with Crippen LogP contribution >= 0.6 is 0 Å². The number of hydrogen-bond acceptors (Lipinski definition) is 4. The number of ether oxygens (including phenoxy) is 1.